The van der Waals surface area contributed by atoms with Crippen LogP contribution in [0.5, 0.6) is 0 Å². The molecule has 0 spiro atoms. The van der Waals surface area contributed by atoms with Gasteiger partial charge in [-0.3, -0.25) is 0 Å². The number of nitrogens with zero attached hydrogens (tertiary/aromatic N) is 1. The molecule has 1 aromatic carbocycles. The van der Waals surface area contributed by atoms with Crippen molar-refractivity contribution in [2.45, 2.75) is 31.9 Å². The minimum absolute atomic E-state index is 0.0631. The van der Waals surface area contributed by atoms with Gasteiger partial charge >= 0.3 is 0 Å². The molecule has 1 aliphatic carbocycles. The van der Waals surface area contributed by atoms with Gasteiger partial charge in [-0.2, -0.15) is 0 Å². The predicted octanol–water partition coefficient (Wildman–Crippen LogP) is 3.12. The SMILES string of the molecule is OCc1ccccc1NCc1csc(C2CC2)n1. The molecule has 2 N–H and O–H groups in total. The average molecular weight is 260 g/mol. The van der Waals surface area contributed by atoms with E-state index in [9.17, 15) is 5.11 Å². The third-order valence-corrected chi connectivity index (χ3v) is 4.20. The number of hydrogen-bond acceptors (Lipinski definition) is 4. The highest BCUT2D eigenvalue weighted by molar-refractivity contribution is 7.09. The number of para-hydroxylation sites is 1. The van der Waals surface area contributed by atoms with E-state index in [0.29, 0.717) is 0 Å². The first-order chi connectivity index (χ1) is 8.86. The summed E-state index contributed by atoms with van der Waals surface area (Å²) in [7, 11) is 0. The lowest BCUT2D eigenvalue weighted by Gasteiger charge is -2.08. The van der Waals surface area contributed by atoms with Gasteiger partial charge in [-0.15, -0.1) is 11.3 Å². The maximum Gasteiger partial charge on any atom is 0.0960 e. The summed E-state index contributed by atoms with van der Waals surface area (Å²) >= 11 is 1.76. The summed E-state index contributed by atoms with van der Waals surface area (Å²) in [5, 5.41) is 16.0. The quantitative estimate of drug-likeness (QED) is 0.868. The van der Waals surface area contributed by atoms with Crippen LogP contribution in [0.3, 0.4) is 0 Å². The molecule has 2 aromatic rings. The first-order valence-electron chi connectivity index (χ1n) is 6.24. The van der Waals surface area contributed by atoms with Gasteiger partial charge in [0.15, 0.2) is 0 Å². The molecule has 0 atom stereocenters. The van der Waals surface area contributed by atoms with Gasteiger partial charge in [0.25, 0.3) is 0 Å². The van der Waals surface area contributed by atoms with Crippen LogP contribution in [0.4, 0.5) is 5.69 Å². The fourth-order valence-corrected chi connectivity index (χ4v) is 2.93. The van der Waals surface area contributed by atoms with Crippen molar-refractivity contribution >= 4 is 17.0 Å². The molecule has 0 aliphatic heterocycles. The molecule has 4 heteroatoms. The van der Waals surface area contributed by atoms with Crippen LogP contribution >= 0.6 is 11.3 Å². The van der Waals surface area contributed by atoms with Crippen molar-refractivity contribution in [3.05, 3.63) is 45.9 Å². The molecular weight excluding hydrogens is 244 g/mol. The van der Waals surface area contributed by atoms with Crippen LogP contribution in [-0.4, -0.2) is 10.1 Å². The van der Waals surface area contributed by atoms with Crippen molar-refractivity contribution < 1.29 is 5.11 Å². The molecule has 0 amide bonds. The van der Waals surface area contributed by atoms with Gasteiger partial charge in [0.2, 0.25) is 0 Å². The van der Waals surface area contributed by atoms with Gasteiger partial charge in [-0.05, 0) is 18.9 Å². The second kappa shape index (κ2) is 5.08. The standard InChI is InChI=1S/C14H16N2OS/c17-8-11-3-1-2-4-13(11)15-7-12-9-18-14(16-12)10-5-6-10/h1-4,9-10,15,17H,5-8H2. The fraction of sp³-hybridized carbons (Fsp3) is 0.357. The summed E-state index contributed by atoms with van der Waals surface area (Å²) < 4.78 is 0. The Labute approximate surface area is 111 Å². The lowest BCUT2D eigenvalue weighted by atomic mass is 10.2. The van der Waals surface area contributed by atoms with Crippen molar-refractivity contribution in [1.82, 2.24) is 4.98 Å². The van der Waals surface area contributed by atoms with E-state index in [4.69, 9.17) is 0 Å². The molecule has 1 saturated carbocycles. The van der Waals surface area contributed by atoms with E-state index in [-0.39, 0.29) is 6.61 Å². The molecule has 3 rings (SSSR count). The van der Waals surface area contributed by atoms with Crippen molar-refractivity contribution in [2.24, 2.45) is 0 Å². The van der Waals surface area contributed by atoms with Crippen LogP contribution in [0.2, 0.25) is 0 Å². The van der Waals surface area contributed by atoms with Crippen molar-refractivity contribution in [2.75, 3.05) is 5.32 Å². The number of nitrogens with one attached hydrogen (secondary N) is 1. The van der Waals surface area contributed by atoms with Crippen molar-refractivity contribution in [3.63, 3.8) is 0 Å². The lowest BCUT2D eigenvalue weighted by Crippen LogP contribution is -2.02. The Morgan fingerprint density at radius 3 is 2.94 bits per heavy atom. The molecule has 1 heterocycles. The minimum atomic E-state index is 0.0631. The molecular formula is C14H16N2OS. The first kappa shape index (κ1) is 11.7. The first-order valence-corrected chi connectivity index (χ1v) is 7.11. The van der Waals surface area contributed by atoms with Gasteiger partial charge in [0.05, 0.1) is 23.9 Å². The van der Waals surface area contributed by atoms with Crippen LogP contribution in [-0.2, 0) is 13.2 Å². The molecule has 0 bridgehead atoms. The van der Waals surface area contributed by atoms with Gasteiger partial charge in [0.1, 0.15) is 0 Å². The zero-order valence-electron chi connectivity index (χ0n) is 10.1. The summed E-state index contributed by atoms with van der Waals surface area (Å²) in [6.45, 7) is 0.786. The van der Waals surface area contributed by atoms with Gasteiger partial charge in [0, 0.05) is 22.5 Å². The zero-order valence-corrected chi connectivity index (χ0v) is 10.9. The Balaban J connectivity index is 1.65. The van der Waals surface area contributed by atoms with Crippen molar-refractivity contribution in [1.29, 1.82) is 0 Å². The number of anilines is 1. The third kappa shape index (κ3) is 2.54. The molecule has 94 valence electrons. The number of hydrogen-bond donors (Lipinski definition) is 2. The zero-order chi connectivity index (χ0) is 12.4. The number of rotatable bonds is 5. The number of aliphatic hydroxyl groups excluding tert-OH is 1. The Morgan fingerprint density at radius 2 is 2.17 bits per heavy atom. The van der Waals surface area contributed by atoms with Crippen LogP contribution in [0, 0.1) is 0 Å². The maximum absolute atomic E-state index is 9.25. The molecule has 1 aliphatic rings. The second-order valence-corrected chi connectivity index (χ2v) is 5.51. The molecule has 1 aromatic heterocycles. The van der Waals surface area contributed by atoms with Crippen LogP contribution in [0.1, 0.15) is 35.0 Å². The Morgan fingerprint density at radius 1 is 1.33 bits per heavy atom. The third-order valence-electron chi connectivity index (χ3n) is 3.14. The number of thiazole rings is 1. The van der Waals surface area contributed by atoms with Gasteiger partial charge in [-0.25, -0.2) is 4.98 Å². The minimum Gasteiger partial charge on any atom is -0.392 e. The van der Waals surface area contributed by atoms with Gasteiger partial charge in [-0.1, -0.05) is 18.2 Å². The summed E-state index contributed by atoms with van der Waals surface area (Å²) in [5.41, 5.74) is 3.01. The average Bonchev–Trinajstić information content (AvgIpc) is 3.16. The van der Waals surface area contributed by atoms with Crippen molar-refractivity contribution in [3.8, 4) is 0 Å². The van der Waals surface area contributed by atoms with E-state index in [1.54, 1.807) is 11.3 Å². The molecule has 0 saturated heterocycles. The maximum atomic E-state index is 9.25. The predicted molar refractivity (Wildman–Crippen MR) is 73.8 cm³/mol. The summed E-state index contributed by atoms with van der Waals surface area (Å²) in [5.74, 6) is 0.730. The normalized spacial score (nSPS) is 14.7. The van der Waals surface area contributed by atoms with Crippen LogP contribution in [0.25, 0.3) is 0 Å². The summed E-state index contributed by atoms with van der Waals surface area (Å²) in [6, 6.07) is 7.82. The van der Waals surface area contributed by atoms with E-state index in [1.807, 2.05) is 24.3 Å². The van der Waals surface area contributed by atoms with E-state index in [0.717, 1.165) is 29.4 Å². The Bertz CT molecular complexity index is 534. The van der Waals surface area contributed by atoms with E-state index in [1.165, 1.54) is 17.8 Å². The van der Waals surface area contributed by atoms with Gasteiger partial charge < -0.3 is 10.4 Å². The number of aromatic nitrogens is 1. The fourth-order valence-electron chi connectivity index (χ4n) is 1.94. The summed E-state index contributed by atoms with van der Waals surface area (Å²) in [4.78, 5) is 4.64. The number of benzene rings is 1. The molecule has 18 heavy (non-hydrogen) atoms. The van der Waals surface area contributed by atoms with E-state index in [2.05, 4.69) is 15.7 Å². The van der Waals surface area contributed by atoms with Crippen LogP contribution in [0.15, 0.2) is 29.6 Å². The molecule has 1 fully saturated rings. The molecule has 0 radical (unpaired) electrons. The second-order valence-electron chi connectivity index (χ2n) is 4.62. The largest absolute Gasteiger partial charge is 0.392 e. The highest BCUT2D eigenvalue weighted by Crippen LogP contribution is 2.41. The summed E-state index contributed by atoms with van der Waals surface area (Å²) in [6.07, 6.45) is 2.60. The lowest BCUT2D eigenvalue weighted by molar-refractivity contribution is 0.282. The molecule has 0 unspecified atom stereocenters. The highest BCUT2D eigenvalue weighted by Gasteiger charge is 2.26. The highest BCUT2D eigenvalue weighted by atomic mass is 32.1. The van der Waals surface area contributed by atoms with E-state index < -0.39 is 0 Å². The monoisotopic (exact) mass is 260 g/mol. The van der Waals surface area contributed by atoms with E-state index >= 15 is 0 Å². The Kier molecular flexibility index (Phi) is 3.30. The Hall–Kier alpha value is -1.39. The number of aliphatic hydroxyl groups is 1. The smallest absolute Gasteiger partial charge is 0.0960 e. The topological polar surface area (TPSA) is 45.1 Å². The van der Waals surface area contributed by atoms with Crippen LogP contribution < -0.4 is 5.32 Å². The molecule has 3 nitrogen and oxygen atoms in total.